The second kappa shape index (κ2) is 4.14. The van der Waals surface area contributed by atoms with Gasteiger partial charge in [-0.05, 0) is 6.42 Å². The first-order chi connectivity index (χ1) is 7.22. The van der Waals surface area contributed by atoms with Crippen LogP contribution in [-0.4, -0.2) is 24.1 Å². The molecule has 82 valence electrons. The summed E-state index contributed by atoms with van der Waals surface area (Å²) >= 11 is 0. The van der Waals surface area contributed by atoms with E-state index in [9.17, 15) is 0 Å². The number of nitrogens with zero attached hydrogens (tertiary/aromatic N) is 3. The fraction of sp³-hybridized carbons (Fsp3) is 0.636. The molecule has 0 amide bonds. The molecular weight excluding hydrogens is 188 g/mol. The number of fused-ring (bicyclic) bond motifs is 1. The van der Waals surface area contributed by atoms with Crippen LogP contribution < -0.4 is 10.2 Å². The van der Waals surface area contributed by atoms with Crippen molar-refractivity contribution < 1.29 is 0 Å². The normalized spacial score (nSPS) is 14.1. The third-order valence-corrected chi connectivity index (χ3v) is 2.65. The van der Waals surface area contributed by atoms with E-state index in [0.717, 1.165) is 31.9 Å². The summed E-state index contributed by atoms with van der Waals surface area (Å²) in [6.07, 6.45) is 2.18. The van der Waals surface area contributed by atoms with Gasteiger partial charge >= 0.3 is 0 Å². The van der Waals surface area contributed by atoms with Crippen LogP contribution in [0.3, 0.4) is 0 Å². The summed E-state index contributed by atoms with van der Waals surface area (Å²) in [7, 11) is 3.97. The minimum atomic E-state index is 0.834. The van der Waals surface area contributed by atoms with Crippen LogP contribution in [0.25, 0.3) is 0 Å². The average Bonchev–Trinajstić information content (AvgIpc) is 2.65. The van der Waals surface area contributed by atoms with Crippen LogP contribution in [-0.2, 0) is 19.5 Å². The molecule has 2 rings (SSSR count). The maximum atomic E-state index is 4.61. The smallest absolute Gasteiger partial charge is 0.225 e. The highest BCUT2D eigenvalue weighted by Gasteiger charge is 2.18. The minimum absolute atomic E-state index is 0.834. The molecule has 0 aliphatic carbocycles. The van der Waals surface area contributed by atoms with Crippen molar-refractivity contribution >= 4 is 5.95 Å². The van der Waals surface area contributed by atoms with E-state index in [0.29, 0.717) is 0 Å². The van der Waals surface area contributed by atoms with Gasteiger partial charge in [-0.15, -0.1) is 0 Å². The Morgan fingerprint density at radius 1 is 1.27 bits per heavy atom. The molecule has 1 aromatic heterocycles. The highest BCUT2D eigenvalue weighted by molar-refractivity contribution is 5.37. The van der Waals surface area contributed by atoms with E-state index in [2.05, 4.69) is 22.2 Å². The Labute approximate surface area is 90.7 Å². The Balaban J connectivity index is 2.43. The van der Waals surface area contributed by atoms with E-state index in [1.165, 1.54) is 17.0 Å². The average molecular weight is 206 g/mol. The molecule has 4 heteroatoms. The summed E-state index contributed by atoms with van der Waals surface area (Å²) in [6, 6.07) is 0. The van der Waals surface area contributed by atoms with E-state index < -0.39 is 0 Å². The molecule has 15 heavy (non-hydrogen) atoms. The zero-order valence-corrected chi connectivity index (χ0v) is 9.67. The molecule has 0 atom stereocenters. The van der Waals surface area contributed by atoms with Gasteiger partial charge in [0.05, 0.1) is 11.4 Å². The van der Waals surface area contributed by atoms with Gasteiger partial charge in [0.15, 0.2) is 0 Å². The summed E-state index contributed by atoms with van der Waals surface area (Å²) in [5.74, 6) is 0.834. The zero-order valence-electron chi connectivity index (χ0n) is 9.67. The predicted octanol–water partition coefficient (Wildman–Crippen LogP) is 1.10. The zero-order chi connectivity index (χ0) is 10.8. The van der Waals surface area contributed by atoms with Crippen molar-refractivity contribution in [2.45, 2.75) is 32.9 Å². The molecule has 0 radical (unpaired) electrons. The molecule has 0 saturated carbocycles. The van der Waals surface area contributed by atoms with Crippen LogP contribution in [0.15, 0.2) is 0 Å². The summed E-state index contributed by atoms with van der Waals surface area (Å²) < 4.78 is 0. The predicted molar refractivity (Wildman–Crippen MR) is 60.9 cm³/mol. The lowest BCUT2D eigenvalue weighted by atomic mass is 10.1. The molecule has 1 aliphatic rings. The van der Waals surface area contributed by atoms with E-state index in [4.69, 9.17) is 0 Å². The highest BCUT2D eigenvalue weighted by Crippen LogP contribution is 2.20. The molecule has 2 heterocycles. The first kappa shape index (κ1) is 10.4. The number of rotatable bonds is 3. The lowest BCUT2D eigenvalue weighted by Crippen LogP contribution is -2.15. The third kappa shape index (κ3) is 1.95. The number of hydrogen-bond donors (Lipinski definition) is 1. The van der Waals surface area contributed by atoms with Crippen molar-refractivity contribution in [3.05, 3.63) is 17.0 Å². The van der Waals surface area contributed by atoms with Crippen molar-refractivity contribution in [3.8, 4) is 0 Å². The first-order valence-corrected chi connectivity index (χ1v) is 5.49. The highest BCUT2D eigenvalue weighted by atomic mass is 15.2. The van der Waals surface area contributed by atoms with Gasteiger partial charge in [-0.1, -0.05) is 13.3 Å². The van der Waals surface area contributed by atoms with Crippen molar-refractivity contribution in [2.75, 3.05) is 19.0 Å². The largest absolute Gasteiger partial charge is 0.347 e. The number of hydrogen-bond acceptors (Lipinski definition) is 4. The Kier molecular flexibility index (Phi) is 2.86. The molecule has 0 spiro atoms. The summed E-state index contributed by atoms with van der Waals surface area (Å²) in [6.45, 7) is 4.00. The summed E-state index contributed by atoms with van der Waals surface area (Å²) in [5.41, 5.74) is 3.72. The standard InChI is InChI=1S/C11H18N4/c1-4-5-9-8-6-12-7-10(8)14-11(13-9)15(2)3/h12H,4-7H2,1-3H3. The topological polar surface area (TPSA) is 41.1 Å². The van der Waals surface area contributed by atoms with Gasteiger partial charge in [0.1, 0.15) is 0 Å². The van der Waals surface area contributed by atoms with Crippen molar-refractivity contribution in [1.29, 1.82) is 0 Å². The lowest BCUT2D eigenvalue weighted by Gasteiger charge is -2.14. The molecule has 1 N–H and O–H groups in total. The Bertz CT molecular complexity index is 360. The van der Waals surface area contributed by atoms with Crippen LogP contribution in [0.5, 0.6) is 0 Å². The van der Waals surface area contributed by atoms with Crippen molar-refractivity contribution in [2.24, 2.45) is 0 Å². The molecule has 1 aliphatic heterocycles. The van der Waals surface area contributed by atoms with Gasteiger partial charge in [0.25, 0.3) is 0 Å². The quantitative estimate of drug-likeness (QED) is 0.804. The summed E-state index contributed by atoms with van der Waals surface area (Å²) in [4.78, 5) is 11.1. The van der Waals surface area contributed by atoms with E-state index in [1.54, 1.807) is 0 Å². The minimum Gasteiger partial charge on any atom is -0.347 e. The molecular formula is C11H18N4. The van der Waals surface area contributed by atoms with Crippen molar-refractivity contribution in [1.82, 2.24) is 15.3 Å². The van der Waals surface area contributed by atoms with Gasteiger partial charge < -0.3 is 10.2 Å². The van der Waals surface area contributed by atoms with E-state index in [-0.39, 0.29) is 0 Å². The molecule has 0 aromatic carbocycles. The van der Waals surface area contributed by atoms with Gasteiger partial charge in [-0.2, -0.15) is 0 Å². The molecule has 0 fully saturated rings. The van der Waals surface area contributed by atoms with Gasteiger partial charge in [-0.25, -0.2) is 9.97 Å². The Hall–Kier alpha value is -1.16. The fourth-order valence-electron chi connectivity index (χ4n) is 1.87. The maximum absolute atomic E-state index is 4.61. The van der Waals surface area contributed by atoms with Gasteiger partial charge in [-0.3, -0.25) is 0 Å². The van der Waals surface area contributed by atoms with Crippen LogP contribution in [0.4, 0.5) is 5.95 Å². The van der Waals surface area contributed by atoms with Gasteiger partial charge in [0, 0.05) is 32.7 Å². The van der Waals surface area contributed by atoms with Gasteiger partial charge in [0.2, 0.25) is 5.95 Å². The Morgan fingerprint density at radius 2 is 2.07 bits per heavy atom. The van der Waals surface area contributed by atoms with Crippen LogP contribution >= 0.6 is 0 Å². The molecule has 1 aromatic rings. The van der Waals surface area contributed by atoms with Crippen molar-refractivity contribution in [3.63, 3.8) is 0 Å². The fourth-order valence-corrected chi connectivity index (χ4v) is 1.87. The molecule has 0 bridgehead atoms. The maximum Gasteiger partial charge on any atom is 0.225 e. The number of nitrogens with one attached hydrogen (secondary N) is 1. The lowest BCUT2D eigenvalue weighted by molar-refractivity contribution is 0.753. The monoisotopic (exact) mass is 206 g/mol. The summed E-state index contributed by atoms with van der Waals surface area (Å²) in [5, 5.41) is 3.33. The van der Waals surface area contributed by atoms with Crippen LogP contribution in [0, 0.1) is 0 Å². The number of aryl methyl sites for hydroxylation is 1. The first-order valence-electron chi connectivity index (χ1n) is 5.49. The van der Waals surface area contributed by atoms with E-state index >= 15 is 0 Å². The molecule has 0 unspecified atom stereocenters. The molecule has 4 nitrogen and oxygen atoms in total. The number of aromatic nitrogens is 2. The van der Waals surface area contributed by atoms with Crippen LogP contribution in [0.2, 0.25) is 0 Å². The second-order valence-electron chi connectivity index (χ2n) is 4.14. The number of anilines is 1. The van der Waals surface area contributed by atoms with Crippen LogP contribution in [0.1, 0.15) is 30.3 Å². The van der Waals surface area contributed by atoms with E-state index in [1.807, 2.05) is 19.0 Å². The third-order valence-electron chi connectivity index (χ3n) is 2.65. The Morgan fingerprint density at radius 3 is 2.73 bits per heavy atom. The SMILES string of the molecule is CCCc1nc(N(C)C)nc2c1CNC2. The second-order valence-corrected chi connectivity index (χ2v) is 4.14. The molecule has 0 saturated heterocycles.